The number of fused-ring (bicyclic) bond motifs is 1. The van der Waals surface area contributed by atoms with Gasteiger partial charge in [-0.05, 0) is 49.6 Å². The molecule has 0 aliphatic heterocycles. The minimum Gasteiger partial charge on any atom is -0.496 e. The summed E-state index contributed by atoms with van der Waals surface area (Å²) in [5.74, 6) is 0.377. The molecular weight excluding hydrogens is 436 g/mol. The molecule has 32 heavy (non-hydrogen) atoms. The lowest BCUT2D eigenvalue weighted by molar-refractivity contribution is -0.151. The summed E-state index contributed by atoms with van der Waals surface area (Å²) in [4.78, 5) is 23.5. The predicted octanol–water partition coefficient (Wildman–Crippen LogP) is 4.69. The number of methoxy groups -OCH3 is 1. The van der Waals surface area contributed by atoms with Gasteiger partial charge in [0.2, 0.25) is 0 Å². The number of benzene rings is 2. The van der Waals surface area contributed by atoms with Crippen LogP contribution in [-0.2, 0) is 9.53 Å². The van der Waals surface area contributed by atoms with Crippen LogP contribution in [0.3, 0.4) is 0 Å². The normalized spacial score (nSPS) is 17.7. The SMILES string of the molecule is COc1cc(C)c(OCCOC2CC(C(=O)O)C2)cc1-c1cc(=O)c2cccc(Cl)c2o1. The van der Waals surface area contributed by atoms with E-state index in [2.05, 4.69) is 0 Å². The van der Waals surface area contributed by atoms with E-state index in [1.807, 2.05) is 13.0 Å². The first-order valence-electron chi connectivity index (χ1n) is 10.3. The number of aryl methyl sites for hydroxylation is 1. The molecule has 0 amide bonds. The summed E-state index contributed by atoms with van der Waals surface area (Å²) in [6.07, 6.45) is 1.03. The van der Waals surface area contributed by atoms with Crippen LogP contribution < -0.4 is 14.9 Å². The molecule has 3 aromatic rings. The van der Waals surface area contributed by atoms with Crippen molar-refractivity contribution in [1.82, 2.24) is 0 Å². The molecule has 1 aliphatic rings. The van der Waals surface area contributed by atoms with E-state index in [1.165, 1.54) is 6.07 Å². The second-order valence-electron chi connectivity index (χ2n) is 7.76. The van der Waals surface area contributed by atoms with Crippen LogP contribution in [0.2, 0.25) is 5.02 Å². The molecule has 0 spiro atoms. The van der Waals surface area contributed by atoms with E-state index in [9.17, 15) is 9.59 Å². The molecule has 1 aliphatic carbocycles. The van der Waals surface area contributed by atoms with Crippen LogP contribution in [0.15, 0.2) is 45.6 Å². The van der Waals surface area contributed by atoms with Gasteiger partial charge < -0.3 is 23.7 Å². The van der Waals surface area contributed by atoms with E-state index in [0.717, 1.165) is 5.56 Å². The average Bonchev–Trinajstić information content (AvgIpc) is 2.73. The Labute approximate surface area is 189 Å². The maximum absolute atomic E-state index is 12.6. The fourth-order valence-electron chi connectivity index (χ4n) is 3.72. The number of carboxylic acid groups (broad SMARTS) is 1. The molecule has 0 atom stereocenters. The molecule has 8 heteroatoms. The van der Waals surface area contributed by atoms with Crippen molar-refractivity contribution in [2.45, 2.75) is 25.9 Å². The summed E-state index contributed by atoms with van der Waals surface area (Å²) in [5, 5.41) is 9.68. The summed E-state index contributed by atoms with van der Waals surface area (Å²) >= 11 is 6.24. The highest BCUT2D eigenvalue weighted by Gasteiger charge is 2.35. The van der Waals surface area contributed by atoms with E-state index in [4.69, 9.17) is 35.3 Å². The zero-order valence-electron chi connectivity index (χ0n) is 17.7. The van der Waals surface area contributed by atoms with E-state index in [1.54, 1.807) is 31.4 Å². The van der Waals surface area contributed by atoms with E-state index in [-0.39, 0.29) is 17.5 Å². The van der Waals surface area contributed by atoms with Crippen LogP contribution in [0.25, 0.3) is 22.3 Å². The van der Waals surface area contributed by atoms with Crippen LogP contribution in [0.5, 0.6) is 11.5 Å². The Morgan fingerprint density at radius 1 is 1.19 bits per heavy atom. The zero-order chi connectivity index (χ0) is 22.8. The Balaban J connectivity index is 1.53. The summed E-state index contributed by atoms with van der Waals surface area (Å²) in [6, 6.07) is 10.0. The van der Waals surface area contributed by atoms with Gasteiger partial charge in [0.15, 0.2) is 11.0 Å². The van der Waals surface area contributed by atoms with E-state index >= 15 is 0 Å². The van der Waals surface area contributed by atoms with Crippen LogP contribution in [0.4, 0.5) is 0 Å². The van der Waals surface area contributed by atoms with Gasteiger partial charge in [-0.2, -0.15) is 0 Å². The first kappa shape index (κ1) is 22.2. The molecule has 0 saturated heterocycles. The van der Waals surface area contributed by atoms with Crippen molar-refractivity contribution >= 4 is 28.5 Å². The minimum absolute atomic E-state index is 0.0381. The maximum Gasteiger partial charge on any atom is 0.306 e. The van der Waals surface area contributed by atoms with Crippen LogP contribution in [0, 0.1) is 12.8 Å². The molecule has 1 aromatic heterocycles. The van der Waals surface area contributed by atoms with Crippen molar-refractivity contribution in [2.75, 3.05) is 20.3 Å². The number of ether oxygens (including phenoxy) is 3. The van der Waals surface area contributed by atoms with Gasteiger partial charge in [-0.3, -0.25) is 9.59 Å². The monoisotopic (exact) mass is 458 g/mol. The van der Waals surface area contributed by atoms with Crippen molar-refractivity contribution in [3.05, 3.63) is 57.2 Å². The topological polar surface area (TPSA) is 95.2 Å². The zero-order valence-corrected chi connectivity index (χ0v) is 18.5. The second-order valence-corrected chi connectivity index (χ2v) is 8.16. The molecule has 0 unspecified atom stereocenters. The third kappa shape index (κ3) is 4.45. The number of halogens is 1. The molecule has 4 rings (SSSR count). The highest BCUT2D eigenvalue weighted by molar-refractivity contribution is 6.34. The molecule has 1 heterocycles. The van der Waals surface area contributed by atoms with Crippen molar-refractivity contribution < 1.29 is 28.5 Å². The first-order valence-corrected chi connectivity index (χ1v) is 10.6. The molecular formula is C24H23ClO7. The Bertz CT molecular complexity index is 1210. The van der Waals surface area contributed by atoms with Crippen LogP contribution in [-0.4, -0.2) is 37.5 Å². The molecule has 0 radical (unpaired) electrons. The highest BCUT2D eigenvalue weighted by Crippen LogP contribution is 2.37. The van der Waals surface area contributed by atoms with Crippen molar-refractivity contribution in [1.29, 1.82) is 0 Å². The molecule has 1 saturated carbocycles. The Morgan fingerprint density at radius 2 is 1.97 bits per heavy atom. The number of carboxylic acids is 1. The maximum atomic E-state index is 12.6. The van der Waals surface area contributed by atoms with Gasteiger partial charge in [-0.1, -0.05) is 17.7 Å². The molecule has 2 aromatic carbocycles. The number of hydrogen-bond donors (Lipinski definition) is 1. The fraction of sp³-hybridized carbons (Fsp3) is 0.333. The molecule has 1 N–H and O–H groups in total. The lowest BCUT2D eigenvalue weighted by atomic mass is 9.82. The molecule has 0 bridgehead atoms. The average molecular weight is 459 g/mol. The Hall–Kier alpha value is -3.03. The Kier molecular flexibility index (Phi) is 6.39. The number of rotatable bonds is 8. The van der Waals surface area contributed by atoms with Crippen molar-refractivity contribution in [2.24, 2.45) is 5.92 Å². The number of aliphatic carboxylic acids is 1. The molecule has 1 fully saturated rings. The fourth-order valence-corrected chi connectivity index (χ4v) is 3.94. The van der Waals surface area contributed by atoms with Gasteiger partial charge in [-0.25, -0.2) is 0 Å². The largest absolute Gasteiger partial charge is 0.496 e. The minimum atomic E-state index is -0.774. The number of para-hydroxylation sites is 1. The lowest BCUT2D eigenvalue weighted by Gasteiger charge is -2.32. The molecule has 168 valence electrons. The molecule has 7 nitrogen and oxygen atoms in total. The second kappa shape index (κ2) is 9.22. The van der Waals surface area contributed by atoms with E-state index < -0.39 is 5.97 Å². The first-order chi connectivity index (χ1) is 15.4. The van der Waals surface area contributed by atoms with Gasteiger partial charge in [-0.15, -0.1) is 0 Å². The standard InChI is InChI=1S/C24H23ClO7/c1-13-8-21(29-2)17(22-12-19(26)16-4-3-5-18(25)23(16)32-22)11-20(13)31-7-6-30-15-9-14(10-15)24(27)28/h3-5,8,11-12,14-15H,6-7,9-10H2,1-2H3,(H,27,28). The summed E-state index contributed by atoms with van der Waals surface area (Å²) in [6.45, 7) is 2.53. The third-order valence-corrected chi connectivity index (χ3v) is 5.91. The Morgan fingerprint density at radius 3 is 2.69 bits per heavy atom. The quantitative estimate of drug-likeness (QED) is 0.489. The summed E-state index contributed by atoms with van der Waals surface area (Å²) in [7, 11) is 1.54. The van der Waals surface area contributed by atoms with Crippen LogP contribution in [0.1, 0.15) is 18.4 Å². The third-order valence-electron chi connectivity index (χ3n) is 5.61. The van der Waals surface area contributed by atoms with E-state index in [0.29, 0.717) is 64.9 Å². The van der Waals surface area contributed by atoms with Gasteiger partial charge >= 0.3 is 5.97 Å². The van der Waals surface area contributed by atoms with Gasteiger partial charge in [0.05, 0.1) is 41.7 Å². The van der Waals surface area contributed by atoms with Crippen LogP contribution >= 0.6 is 11.6 Å². The summed E-state index contributed by atoms with van der Waals surface area (Å²) < 4.78 is 23.0. The number of carbonyl (C=O) groups is 1. The smallest absolute Gasteiger partial charge is 0.306 e. The lowest BCUT2D eigenvalue weighted by Crippen LogP contribution is -2.37. The van der Waals surface area contributed by atoms with Crippen molar-refractivity contribution in [3.8, 4) is 22.8 Å². The van der Waals surface area contributed by atoms with Gasteiger partial charge in [0.1, 0.15) is 23.9 Å². The number of hydrogen-bond acceptors (Lipinski definition) is 6. The van der Waals surface area contributed by atoms with Crippen molar-refractivity contribution in [3.63, 3.8) is 0 Å². The summed E-state index contributed by atoms with van der Waals surface area (Å²) in [5.41, 5.74) is 1.52. The van der Waals surface area contributed by atoms with Gasteiger partial charge in [0.25, 0.3) is 0 Å². The predicted molar refractivity (Wildman–Crippen MR) is 120 cm³/mol. The van der Waals surface area contributed by atoms with Gasteiger partial charge in [0, 0.05) is 6.07 Å². The highest BCUT2D eigenvalue weighted by atomic mass is 35.5.